The average molecular weight is 132 g/mol. The third-order valence-electron chi connectivity index (χ3n) is 1.75. The monoisotopic (exact) mass is 132 g/mol. The van der Waals surface area contributed by atoms with E-state index in [0.717, 1.165) is 0 Å². The number of aliphatic hydroxyl groups excluding tert-OH is 2. The van der Waals surface area contributed by atoms with Crippen molar-refractivity contribution in [1.29, 1.82) is 0 Å². The van der Waals surface area contributed by atoms with Crippen LogP contribution in [-0.4, -0.2) is 35.6 Å². The third-order valence-corrected chi connectivity index (χ3v) is 1.75. The Labute approximate surface area is 54.3 Å². The third kappa shape index (κ3) is 1.41. The lowest BCUT2D eigenvalue weighted by Crippen LogP contribution is -2.20. The largest absolute Gasteiger partial charge is 0.393 e. The van der Waals surface area contributed by atoms with E-state index in [0.29, 0.717) is 12.8 Å². The molecule has 0 radical (unpaired) electrons. The summed E-state index contributed by atoms with van der Waals surface area (Å²) in [6, 6.07) is 0. The van der Waals surface area contributed by atoms with Gasteiger partial charge in [0.2, 0.25) is 0 Å². The standard InChI is InChI=1S/C6H12O3/c1-9-6-3-4(7)2-5(6)8/h4-8H,2-3H2,1H3/t4-,5+,6-/m0/s1. The second kappa shape index (κ2) is 2.64. The molecule has 0 aromatic rings. The number of hydrogen-bond donors (Lipinski definition) is 2. The quantitative estimate of drug-likeness (QED) is 0.506. The van der Waals surface area contributed by atoms with Crippen LogP contribution in [0.1, 0.15) is 12.8 Å². The minimum absolute atomic E-state index is 0.153. The summed E-state index contributed by atoms with van der Waals surface area (Å²) in [6.07, 6.45) is 0.0332. The smallest absolute Gasteiger partial charge is 0.0855 e. The van der Waals surface area contributed by atoms with Gasteiger partial charge >= 0.3 is 0 Å². The summed E-state index contributed by atoms with van der Waals surface area (Å²) < 4.78 is 4.88. The van der Waals surface area contributed by atoms with Gasteiger partial charge in [0.25, 0.3) is 0 Å². The second-order valence-corrected chi connectivity index (χ2v) is 2.47. The van der Waals surface area contributed by atoms with E-state index in [1.54, 1.807) is 7.11 Å². The zero-order valence-electron chi connectivity index (χ0n) is 5.45. The van der Waals surface area contributed by atoms with Crippen molar-refractivity contribution in [2.75, 3.05) is 7.11 Å². The molecular weight excluding hydrogens is 120 g/mol. The van der Waals surface area contributed by atoms with Crippen molar-refractivity contribution in [3.63, 3.8) is 0 Å². The minimum Gasteiger partial charge on any atom is -0.393 e. The molecule has 54 valence electrons. The Morgan fingerprint density at radius 3 is 2.22 bits per heavy atom. The molecule has 1 fully saturated rings. The molecule has 3 heteroatoms. The molecular formula is C6H12O3. The maximum absolute atomic E-state index is 9.07. The Bertz CT molecular complexity index is 94.3. The van der Waals surface area contributed by atoms with Gasteiger partial charge in [-0.15, -0.1) is 0 Å². The van der Waals surface area contributed by atoms with E-state index < -0.39 is 6.10 Å². The van der Waals surface area contributed by atoms with E-state index in [1.807, 2.05) is 0 Å². The van der Waals surface area contributed by atoms with Gasteiger partial charge in [0.1, 0.15) is 0 Å². The van der Waals surface area contributed by atoms with Gasteiger partial charge in [-0.2, -0.15) is 0 Å². The van der Waals surface area contributed by atoms with E-state index in [-0.39, 0.29) is 12.2 Å². The van der Waals surface area contributed by atoms with Crippen molar-refractivity contribution in [2.45, 2.75) is 31.2 Å². The van der Waals surface area contributed by atoms with Gasteiger partial charge < -0.3 is 14.9 Å². The Balaban J connectivity index is 2.38. The van der Waals surface area contributed by atoms with Crippen molar-refractivity contribution in [2.24, 2.45) is 0 Å². The maximum Gasteiger partial charge on any atom is 0.0855 e. The summed E-state index contributed by atoms with van der Waals surface area (Å²) in [5.74, 6) is 0. The van der Waals surface area contributed by atoms with Gasteiger partial charge in [-0.05, 0) is 0 Å². The molecule has 1 rings (SSSR count). The zero-order valence-corrected chi connectivity index (χ0v) is 5.45. The molecule has 9 heavy (non-hydrogen) atoms. The van der Waals surface area contributed by atoms with E-state index >= 15 is 0 Å². The molecule has 0 heterocycles. The molecule has 1 saturated carbocycles. The summed E-state index contributed by atoms with van der Waals surface area (Å²) in [4.78, 5) is 0. The van der Waals surface area contributed by atoms with Crippen LogP contribution in [0.15, 0.2) is 0 Å². The van der Waals surface area contributed by atoms with Crippen molar-refractivity contribution in [3.8, 4) is 0 Å². The van der Waals surface area contributed by atoms with Crippen LogP contribution in [-0.2, 0) is 4.74 Å². The van der Waals surface area contributed by atoms with Gasteiger partial charge in [0.15, 0.2) is 0 Å². The summed E-state index contributed by atoms with van der Waals surface area (Å²) in [7, 11) is 1.55. The van der Waals surface area contributed by atoms with E-state index in [1.165, 1.54) is 0 Å². The van der Waals surface area contributed by atoms with E-state index in [4.69, 9.17) is 14.9 Å². The molecule has 2 N–H and O–H groups in total. The molecule has 0 aliphatic heterocycles. The van der Waals surface area contributed by atoms with Crippen molar-refractivity contribution in [1.82, 2.24) is 0 Å². The summed E-state index contributed by atoms with van der Waals surface area (Å²) >= 11 is 0. The van der Waals surface area contributed by atoms with Crippen LogP contribution in [0.3, 0.4) is 0 Å². The summed E-state index contributed by atoms with van der Waals surface area (Å²) in [5, 5.41) is 18.0. The lowest BCUT2D eigenvalue weighted by atomic mass is 10.3. The molecule has 0 aromatic carbocycles. The molecule has 0 bridgehead atoms. The topological polar surface area (TPSA) is 49.7 Å². The fourth-order valence-electron chi connectivity index (χ4n) is 1.21. The Morgan fingerprint density at radius 1 is 1.33 bits per heavy atom. The van der Waals surface area contributed by atoms with Crippen molar-refractivity contribution >= 4 is 0 Å². The molecule has 0 saturated heterocycles. The van der Waals surface area contributed by atoms with Crippen molar-refractivity contribution < 1.29 is 14.9 Å². The van der Waals surface area contributed by atoms with Gasteiger partial charge in [0.05, 0.1) is 18.3 Å². The SMILES string of the molecule is CO[C@H]1C[C@@H](O)C[C@H]1O. The Morgan fingerprint density at radius 2 is 2.00 bits per heavy atom. The van der Waals surface area contributed by atoms with Gasteiger partial charge in [-0.1, -0.05) is 0 Å². The maximum atomic E-state index is 9.07. The summed E-state index contributed by atoms with van der Waals surface area (Å²) in [6.45, 7) is 0. The Hall–Kier alpha value is -0.120. The van der Waals surface area contributed by atoms with Crippen LogP contribution in [0.25, 0.3) is 0 Å². The molecule has 0 unspecified atom stereocenters. The predicted octanol–water partition coefficient (Wildman–Crippen LogP) is -0.483. The second-order valence-electron chi connectivity index (χ2n) is 2.47. The molecule has 0 spiro atoms. The van der Waals surface area contributed by atoms with Gasteiger partial charge in [-0.25, -0.2) is 0 Å². The first-order valence-electron chi connectivity index (χ1n) is 3.13. The molecule has 1 aliphatic carbocycles. The normalized spacial score (nSPS) is 43.7. The minimum atomic E-state index is -0.468. The number of ether oxygens (including phenoxy) is 1. The zero-order chi connectivity index (χ0) is 6.85. The fraction of sp³-hybridized carbons (Fsp3) is 1.00. The number of aliphatic hydroxyl groups is 2. The molecule has 0 amide bonds. The van der Waals surface area contributed by atoms with Crippen LogP contribution >= 0.6 is 0 Å². The first-order chi connectivity index (χ1) is 4.24. The van der Waals surface area contributed by atoms with Crippen LogP contribution in [0.5, 0.6) is 0 Å². The number of methoxy groups -OCH3 is 1. The lowest BCUT2D eigenvalue weighted by Gasteiger charge is -2.09. The highest BCUT2D eigenvalue weighted by atomic mass is 16.5. The van der Waals surface area contributed by atoms with Gasteiger partial charge in [0, 0.05) is 20.0 Å². The van der Waals surface area contributed by atoms with Gasteiger partial charge in [-0.3, -0.25) is 0 Å². The van der Waals surface area contributed by atoms with Crippen LogP contribution in [0.2, 0.25) is 0 Å². The van der Waals surface area contributed by atoms with Crippen molar-refractivity contribution in [3.05, 3.63) is 0 Å². The number of rotatable bonds is 1. The predicted molar refractivity (Wildman–Crippen MR) is 32.0 cm³/mol. The molecule has 3 atom stereocenters. The first-order valence-corrected chi connectivity index (χ1v) is 3.13. The summed E-state index contributed by atoms with van der Waals surface area (Å²) in [5.41, 5.74) is 0. The highest BCUT2D eigenvalue weighted by molar-refractivity contribution is 4.83. The average Bonchev–Trinajstić information content (AvgIpc) is 2.10. The van der Waals surface area contributed by atoms with Crippen LogP contribution in [0.4, 0.5) is 0 Å². The highest BCUT2D eigenvalue weighted by Gasteiger charge is 2.31. The number of hydrogen-bond acceptors (Lipinski definition) is 3. The molecule has 1 aliphatic rings. The van der Waals surface area contributed by atoms with Crippen LogP contribution < -0.4 is 0 Å². The first kappa shape index (κ1) is 6.99. The fourth-order valence-corrected chi connectivity index (χ4v) is 1.21. The van der Waals surface area contributed by atoms with E-state index in [2.05, 4.69) is 0 Å². The Kier molecular flexibility index (Phi) is 2.05. The van der Waals surface area contributed by atoms with E-state index in [9.17, 15) is 0 Å². The van der Waals surface area contributed by atoms with Crippen LogP contribution in [0, 0.1) is 0 Å². The lowest BCUT2D eigenvalue weighted by molar-refractivity contribution is 0.00958. The molecule has 3 nitrogen and oxygen atoms in total. The molecule has 0 aromatic heterocycles. The highest BCUT2D eigenvalue weighted by Crippen LogP contribution is 2.21.